The van der Waals surface area contributed by atoms with E-state index in [4.69, 9.17) is 5.11 Å². The lowest BCUT2D eigenvalue weighted by molar-refractivity contribution is -0.136. The highest BCUT2D eigenvalue weighted by molar-refractivity contribution is 7.99. The molecule has 2 rings (SSSR count). The second kappa shape index (κ2) is 4.44. The van der Waals surface area contributed by atoms with E-state index in [-0.39, 0.29) is 11.7 Å². The highest BCUT2D eigenvalue weighted by Gasteiger charge is 2.12. The summed E-state index contributed by atoms with van der Waals surface area (Å²) in [5, 5.41) is 20.4. The number of carboxylic acids is 1. The molecule has 0 amide bonds. The van der Waals surface area contributed by atoms with Crippen molar-refractivity contribution in [2.24, 2.45) is 0 Å². The van der Waals surface area contributed by atoms with Crippen molar-refractivity contribution in [2.45, 2.75) is 23.6 Å². The summed E-state index contributed by atoms with van der Waals surface area (Å²) in [5.41, 5.74) is 0.549. The van der Waals surface area contributed by atoms with Gasteiger partial charge in [0.05, 0.1) is 18.8 Å². The topological polar surface area (TPSA) is 93.3 Å². The Morgan fingerprint density at radius 1 is 1.62 bits per heavy atom. The number of hydrogen-bond donors (Lipinski definition) is 1. The normalized spacial score (nSPS) is 12.8. The molecule has 1 unspecified atom stereocenters. The number of aromatic nitrogens is 5. The van der Waals surface area contributed by atoms with Gasteiger partial charge >= 0.3 is 5.97 Å². The smallest absolute Gasteiger partial charge is 0.304 e. The SMILES string of the molecule is CC(CC(=O)O)Sc1cncc2nnnn12. The van der Waals surface area contributed by atoms with Crippen LogP contribution >= 0.6 is 11.8 Å². The quantitative estimate of drug-likeness (QED) is 0.775. The van der Waals surface area contributed by atoms with Crippen LogP contribution in [-0.4, -0.2) is 41.4 Å². The monoisotopic (exact) mass is 239 g/mol. The van der Waals surface area contributed by atoms with Crippen LogP contribution in [0.1, 0.15) is 13.3 Å². The van der Waals surface area contributed by atoms with Crippen molar-refractivity contribution < 1.29 is 9.90 Å². The van der Waals surface area contributed by atoms with Crippen LogP contribution in [0.2, 0.25) is 0 Å². The van der Waals surface area contributed by atoms with Crippen molar-refractivity contribution in [1.29, 1.82) is 0 Å². The van der Waals surface area contributed by atoms with Gasteiger partial charge in [0, 0.05) is 5.25 Å². The Bertz CT molecular complexity index is 514. The van der Waals surface area contributed by atoms with Crippen molar-refractivity contribution in [3.63, 3.8) is 0 Å². The van der Waals surface area contributed by atoms with Crippen LogP contribution in [0, 0.1) is 0 Å². The third kappa shape index (κ3) is 2.27. The summed E-state index contributed by atoms with van der Waals surface area (Å²) >= 11 is 1.38. The van der Waals surface area contributed by atoms with Crippen LogP contribution in [0.25, 0.3) is 5.65 Å². The second-order valence-corrected chi connectivity index (χ2v) is 4.68. The summed E-state index contributed by atoms with van der Waals surface area (Å²) in [7, 11) is 0. The van der Waals surface area contributed by atoms with Crippen molar-refractivity contribution in [3.8, 4) is 0 Å². The first-order valence-corrected chi connectivity index (χ1v) is 5.45. The highest BCUT2D eigenvalue weighted by atomic mass is 32.2. The van der Waals surface area contributed by atoms with Gasteiger partial charge < -0.3 is 5.11 Å². The number of fused-ring (bicyclic) bond motifs is 1. The number of aliphatic carboxylic acids is 1. The van der Waals surface area contributed by atoms with Crippen LogP contribution < -0.4 is 0 Å². The van der Waals surface area contributed by atoms with Crippen molar-refractivity contribution in [1.82, 2.24) is 25.0 Å². The number of carbonyl (C=O) groups is 1. The number of hydrogen-bond acceptors (Lipinski definition) is 6. The van der Waals surface area contributed by atoms with Crippen LogP contribution in [0.3, 0.4) is 0 Å². The molecule has 0 spiro atoms. The summed E-state index contributed by atoms with van der Waals surface area (Å²) in [6, 6.07) is 0. The zero-order chi connectivity index (χ0) is 11.5. The molecule has 0 radical (unpaired) electrons. The number of carboxylic acid groups (broad SMARTS) is 1. The fourth-order valence-corrected chi connectivity index (χ4v) is 2.22. The van der Waals surface area contributed by atoms with Gasteiger partial charge in [0.2, 0.25) is 0 Å². The fraction of sp³-hybridized carbons (Fsp3) is 0.375. The van der Waals surface area contributed by atoms with Gasteiger partial charge in [-0.15, -0.1) is 16.9 Å². The van der Waals surface area contributed by atoms with E-state index >= 15 is 0 Å². The van der Waals surface area contributed by atoms with Gasteiger partial charge in [-0.05, 0) is 10.4 Å². The van der Waals surface area contributed by atoms with Gasteiger partial charge in [-0.3, -0.25) is 9.78 Å². The lowest BCUT2D eigenvalue weighted by atomic mass is 10.3. The maximum Gasteiger partial charge on any atom is 0.304 e. The molecule has 0 aliphatic rings. The summed E-state index contributed by atoms with van der Waals surface area (Å²) in [4.78, 5) is 14.5. The molecule has 0 aromatic carbocycles. The van der Waals surface area contributed by atoms with Crippen molar-refractivity contribution >= 4 is 23.4 Å². The maximum atomic E-state index is 10.5. The third-order valence-corrected chi connectivity index (χ3v) is 2.95. The molecule has 1 N–H and O–H groups in total. The van der Waals surface area contributed by atoms with E-state index in [0.29, 0.717) is 5.65 Å². The molecule has 1 atom stereocenters. The first kappa shape index (κ1) is 10.8. The number of tetrazole rings is 1. The van der Waals surface area contributed by atoms with E-state index in [0.717, 1.165) is 5.03 Å². The second-order valence-electron chi connectivity index (χ2n) is 3.22. The first-order chi connectivity index (χ1) is 7.66. The predicted octanol–water partition coefficient (Wildman–Crippen LogP) is 0.475. The molecule has 2 heterocycles. The van der Waals surface area contributed by atoms with E-state index in [1.54, 1.807) is 12.4 Å². The van der Waals surface area contributed by atoms with Gasteiger partial charge in [-0.1, -0.05) is 6.92 Å². The summed E-state index contributed by atoms with van der Waals surface area (Å²) in [6.07, 6.45) is 3.25. The molecular weight excluding hydrogens is 230 g/mol. The van der Waals surface area contributed by atoms with Crippen LogP contribution in [0.5, 0.6) is 0 Å². The van der Waals surface area contributed by atoms with E-state index in [1.165, 1.54) is 16.3 Å². The summed E-state index contributed by atoms with van der Waals surface area (Å²) < 4.78 is 1.54. The molecule has 0 saturated carbocycles. The van der Waals surface area contributed by atoms with Gasteiger partial charge in [-0.25, -0.2) is 0 Å². The minimum absolute atomic E-state index is 0.0610. The molecule has 0 aliphatic heterocycles. The Kier molecular flexibility index (Phi) is 3.00. The number of nitrogens with zero attached hydrogens (tertiary/aromatic N) is 5. The van der Waals surface area contributed by atoms with Gasteiger partial charge in [-0.2, -0.15) is 4.52 Å². The Morgan fingerprint density at radius 3 is 3.19 bits per heavy atom. The minimum Gasteiger partial charge on any atom is -0.481 e. The molecule has 8 heteroatoms. The van der Waals surface area contributed by atoms with Crippen LogP contribution in [0.4, 0.5) is 0 Å². The zero-order valence-corrected chi connectivity index (χ0v) is 9.26. The molecule has 0 saturated heterocycles. The highest BCUT2D eigenvalue weighted by Crippen LogP contribution is 2.23. The molecule has 0 fully saturated rings. The largest absolute Gasteiger partial charge is 0.481 e. The Morgan fingerprint density at radius 2 is 2.44 bits per heavy atom. The average molecular weight is 239 g/mol. The molecular formula is C8H9N5O2S. The van der Waals surface area contributed by atoms with E-state index < -0.39 is 5.97 Å². The van der Waals surface area contributed by atoms with Crippen LogP contribution in [0.15, 0.2) is 17.4 Å². The maximum absolute atomic E-state index is 10.5. The van der Waals surface area contributed by atoms with Crippen molar-refractivity contribution in [2.75, 3.05) is 0 Å². The van der Waals surface area contributed by atoms with Gasteiger partial charge in [0.1, 0.15) is 5.03 Å². The number of rotatable bonds is 4. The molecule has 16 heavy (non-hydrogen) atoms. The van der Waals surface area contributed by atoms with Crippen molar-refractivity contribution in [3.05, 3.63) is 12.4 Å². The van der Waals surface area contributed by atoms with E-state index in [2.05, 4.69) is 20.5 Å². The lowest BCUT2D eigenvalue weighted by Crippen LogP contribution is -2.07. The zero-order valence-electron chi connectivity index (χ0n) is 8.44. The molecule has 84 valence electrons. The Hall–Kier alpha value is -1.70. The molecule has 0 bridgehead atoms. The molecule has 2 aromatic rings. The summed E-state index contributed by atoms with van der Waals surface area (Å²) in [5.74, 6) is -0.822. The Balaban J connectivity index is 2.20. The standard InChI is InChI=1S/C8H9N5O2S/c1-5(2-8(14)15)16-7-4-9-3-6-10-11-12-13(6)7/h3-5H,2H2,1H3,(H,14,15). The van der Waals surface area contributed by atoms with Gasteiger partial charge in [0.25, 0.3) is 0 Å². The fourth-order valence-electron chi connectivity index (χ4n) is 1.23. The molecule has 2 aromatic heterocycles. The lowest BCUT2D eigenvalue weighted by Gasteiger charge is -2.07. The molecule has 0 aliphatic carbocycles. The minimum atomic E-state index is -0.822. The predicted molar refractivity (Wildman–Crippen MR) is 56.1 cm³/mol. The Labute approximate surface area is 94.9 Å². The van der Waals surface area contributed by atoms with E-state index in [9.17, 15) is 4.79 Å². The first-order valence-electron chi connectivity index (χ1n) is 4.57. The van der Waals surface area contributed by atoms with Gasteiger partial charge in [0.15, 0.2) is 5.65 Å². The number of thioether (sulfide) groups is 1. The van der Waals surface area contributed by atoms with E-state index in [1.807, 2.05) is 6.92 Å². The third-order valence-electron chi connectivity index (χ3n) is 1.86. The average Bonchev–Trinajstić information content (AvgIpc) is 2.65. The summed E-state index contributed by atoms with van der Waals surface area (Å²) in [6.45, 7) is 1.84. The molecule has 7 nitrogen and oxygen atoms in total. The van der Waals surface area contributed by atoms with Crippen LogP contribution in [-0.2, 0) is 4.79 Å².